The maximum absolute atomic E-state index is 11.1. The molecule has 2 atom stereocenters. The Morgan fingerprint density at radius 3 is 2.44 bits per heavy atom. The Kier molecular flexibility index (Phi) is 4.93. The van der Waals surface area contributed by atoms with Crippen molar-refractivity contribution in [3.05, 3.63) is 70.3 Å². The third kappa shape index (κ3) is 3.32. The summed E-state index contributed by atoms with van der Waals surface area (Å²) in [7, 11) is 2.11. The summed E-state index contributed by atoms with van der Waals surface area (Å²) in [5.41, 5.74) is 11.5. The van der Waals surface area contributed by atoms with Crippen molar-refractivity contribution in [3.63, 3.8) is 0 Å². The fraction of sp³-hybridized carbons (Fsp3) is 0.381. The van der Waals surface area contributed by atoms with E-state index in [-0.39, 0.29) is 12.0 Å². The highest BCUT2D eigenvalue weighted by atomic mass is 16.4. The zero-order valence-corrected chi connectivity index (χ0v) is 15.1. The molecule has 3 N–H and O–H groups in total. The van der Waals surface area contributed by atoms with Crippen molar-refractivity contribution in [2.75, 3.05) is 20.1 Å². The molecule has 0 fully saturated rings. The Morgan fingerprint density at radius 1 is 1.20 bits per heavy atom. The largest absolute Gasteiger partial charge is 0.478 e. The van der Waals surface area contributed by atoms with Crippen LogP contribution in [0.2, 0.25) is 0 Å². The first kappa shape index (κ1) is 17.6. The van der Waals surface area contributed by atoms with Crippen LogP contribution in [0.15, 0.2) is 42.5 Å². The number of rotatable bonds is 4. The first-order valence-electron chi connectivity index (χ1n) is 8.79. The third-order valence-corrected chi connectivity index (χ3v) is 5.30. The molecule has 0 amide bonds. The van der Waals surface area contributed by atoms with Crippen LogP contribution in [0.3, 0.4) is 0 Å². The van der Waals surface area contributed by atoms with Crippen LogP contribution in [0.5, 0.6) is 0 Å². The number of carboxylic acid groups (broad SMARTS) is 1. The van der Waals surface area contributed by atoms with Crippen LogP contribution in [-0.4, -0.2) is 36.1 Å². The van der Waals surface area contributed by atoms with E-state index in [1.54, 1.807) is 12.1 Å². The Balaban J connectivity index is 2.06. The predicted molar refractivity (Wildman–Crippen MR) is 100 cm³/mol. The number of carbonyl (C=O) groups is 1. The highest BCUT2D eigenvalue weighted by molar-refractivity contribution is 5.87. The molecule has 2 aromatic rings. The summed E-state index contributed by atoms with van der Waals surface area (Å²) < 4.78 is 0. The molecule has 0 saturated heterocycles. The monoisotopic (exact) mass is 338 g/mol. The minimum Gasteiger partial charge on any atom is -0.478 e. The number of nitrogens with two attached hydrogens (primary N) is 1. The third-order valence-electron chi connectivity index (χ3n) is 5.30. The van der Waals surface area contributed by atoms with E-state index in [0.717, 1.165) is 12.1 Å². The van der Waals surface area contributed by atoms with Gasteiger partial charge in [0.15, 0.2) is 0 Å². The topological polar surface area (TPSA) is 66.6 Å². The van der Waals surface area contributed by atoms with Crippen molar-refractivity contribution in [2.24, 2.45) is 5.73 Å². The number of fused-ring (bicyclic) bond motifs is 1. The molecule has 1 heterocycles. The number of nitrogens with zero attached hydrogens (tertiary/aromatic N) is 1. The van der Waals surface area contributed by atoms with Crippen LogP contribution in [0.1, 0.15) is 64.3 Å². The highest BCUT2D eigenvalue weighted by Gasteiger charge is 2.31. The Hall–Kier alpha value is -2.17. The molecule has 0 bridgehead atoms. The summed E-state index contributed by atoms with van der Waals surface area (Å²) in [6, 6.07) is 14.2. The minimum absolute atomic E-state index is 0.225. The van der Waals surface area contributed by atoms with Crippen molar-refractivity contribution >= 4 is 5.97 Å². The van der Waals surface area contributed by atoms with Crippen LogP contribution < -0.4 is 5.73 Å². The van der Waals surface area contributed by atoms with E-state index in [9.17, 15) is 4.79 Å². The molecule has 0 spiro atoms. The molecule has 4 nitrogen and oxygen atoms in total. The van der Waals surface area contributed by atoms with E-state index < -0.39 is 5.97 Å². The quantitative estimate of drug-likeness (QED) is 0.894. The van der Waals surface area contributed by atoms with Gasteiger partial charge in [0.25, 0.3) is 0 Å². The van der Waals surface area contributed by atoms with Crippen LogP contribution in [0.4, 0.5) is 0 Å². The smallest absolute Gasteiger partial charge is 0.335 e. The summed E-state index contributed by atoms with van der Waals surface area (Å²) in [5, 5.41) is 9.11. The van der Waals surface area contributed by atoms with Crippen LogP contribution in [0.25, 0.3) is 0 Å². The Bertz CT molecular complexity index is 768. The molecule has 0 radical (unpaired) electrons. The molecule has 1 aliphatic heterocycles. The van der Waals surface area contributed by atoms with Crippen LogP contribution >= 0.6 is 0 Å². The average molecular weight is 338 g/mol. The van der Waals surface area contributed by atoms with E-state index in [1.165, 1.54) is 16.7 Å². The number of aromatic carboxylic acids is 1. The fourth-order valence-corrected chi connectivity index (χ4v) is 3.76. The fourth-order valence-electron chi connectivity index (χ4n) is 3.76. The van der Waals surface area contributed by atoms with Crippen molar-refractivity contribution in [1.29, 1.82) is 0 Å². The van der Waals surface area contributed by atoms with Gasteiger partial charge in [0, 0.05) is 25.0 Å². The van der Waals surface area contributed by atoms with Crippen LogP contribution in [0, 0.1) is 0 Å². The SMILES string of the molecule is CC(C)c1ccc2c(c1)C(CN)N(C)CC2c1ccc(C(=O)O)cc1. The zero-order chi connectivity index (χ0) is 18.1. The molecule has 2 unspecified atom stereocenters. The summed E-state index contributed by atoms with van der Waals surface area (Å²) in [6.07, 6.45) is 0. The lowest BCUT2D eigenvalue weighted by Crippen LogP contribution is -2.39. The number of benzene rings is 2. The number of hydrogen-bond donors (Lipinski definition) is 2. The molecule has 0 aromatic heterocycles. The average Bonchev–Trinajstić information content (AvgIpc) is 2.60. The van der Waals surface area contributed by atoms with Crippen molar-refractivity contribution < 1.29 is 9.90 Å². The van der Waals surface area contributed by atoms with Crippen molar-refractivity contribution in [3.8, 4) is 0 Å². The minimum atomic E-state index is -0.891. The summed E-state index contributed by atoms with van der Waals surface area (Å²) in [4.78, 5) is 13.4. The molecule has 132 valence electrons. The summed E-state index contributed by atoms with van der Waals surface area (Å²) in [5.74, 6) is -0.186. The summed E-state index contributed by atoms with van der Waals surface area (Å²) in [6.45, 7) is 5.87. The van der Waals surface area contributed by atoms with Crippen molar-refractivity contribution in [1.82, 2.24) is 4.90 Å². The van der Waals surface area contributed by atoms with Gasteiger partial charge in [0.05, 0.1) is 5.56 Å². The Labute approximate surface area is 149 Å². The molecule has 3 rings (SSSR count). The number of carboxylic acids is 1. The predicted octanol–water partition coefficient (Wildman–Crippen LogP) is 3.59. The van der Waals surface area contributed by atoms with E-state index in [2.05, 4.69) is 44.0 Å². The second kappa shape index (κ2) is 6.98. The van der Waals surface area contributed by atoms with Gasteiger partial charge >= 0.3 is 5.97 Å². The van der Waals surface area contributed by atoms with Gasteiger partial charge in [-0.2, -0.15) is 0 Å². The molecular formula is C21H26N2O2. The molecular weight excluding hydrogens is 312 g/mol. The molecule has 0 aliphatic carbocycles. The highest BCUT2D eigenvalue weighted by Crippen LogP contribution is 2.39. The summed E-state index contributed by atoms with van der Waals surface area (Å²) >= 11 is 0. The first-order chi connectivity index (χ1) is 11.9. The van der Waals surface area contributed by atoms with Gasteiger partial charge < -0.3 is 10.8 Å². The molecule has 2 aromatic carbocycles. The molecule has 0 saturated carbocycles. The molecule has 25 heavy (non-hydrogen) atoms. The lowest BCUT2D eigenvalue weighted by atomic mass is 9.80. The zero-order valence-electron chi connectivity index (χ0n) is 15.1. The second-order valence-corrected chi connectivity index (χ2v) is 7.21. The lowest BCUT2D eigenvalue weighted by Gasteiger charge is -2.39. The molecule has 1 aliphatic rings. The van der Waals surface area contributed by atoms with Crippen molar-refractivity contribution in [2.45, 2.75) is 31.7 Å². The van der Waals surface area contributed by atoms with Gasteiger partial charge in [-0.15, -0.1) is 0 Å². The van der Waals surface area contributed by atoms with Gasteiger partial charge in [-0.05, 0) is 47.4 Å². The lowest BCUT2D eigenvalue weighted by molar-refractivity contribution is 0.0697. The van der Waals surface area contributed by atoms with E-state index in [0.29, 0.717) is 18.0 Å². The maximum atomic E-state index is 11.1. The van der Waals surface area contributed by atoms with E-state index in [1.807, 2.05) is 12.1 Å². The van der Waals surface area contributed by atoms with Gasteiger partial charge in [-0.25, -0.2) is 4.79 Å². The number of likely N-dealkylation sites (N-methyl/N-ethyl adjacent to an activating group) is 1. The molecule has 4 heteroatoms. The normalized spacial score (nSPS) is 20.5. The first-order valence-corrected chi connectivity index (χ1v) is 8.79. The standard InChI is InChI=1S/C21H26N2O2/c1-13(2)16-8-9-17-18(10-16)20(11-22)23(3)12-19(17)14-4-6-15(7-5-14)21(24)25/h4-10,13,19-20H,11-12,22H2,1-3H3,(H,24,25). The maximum Gasteiger partial charge on any atom is 0.335 e. The van der Waals surface area contributed by atoms with Gasteiger partial charge in [-0.1, -0.05) is 44.2 Å². The van der Waals surface area contributed by atoms with Gasteiger partial charge in [0.1, 0.15) is 0 Å². The van der Waals surface area contributed by atoms with E-state index in [4.69, 9.17) is 10.8 Å². The van der Waals surface area contributed by atoms with Gasteiger partial charge in [-0.3, -0.25) is 4.90 Å². The van der Waals surface area contributed by atoms with E-state index >= 15 is 0 Å². The second-order valence-electron chi connectivity index (χ2n) is 7.21. The van der Waals surface area contributed by atoms with Crippen LogP contribution in [-0.2, 0) is 0 Å². The number of hydrogen-bond acceptors (Lipinski definition) is 3. The Morgan fingerprint density at radius 2 is 1.88 bits per heavy atom. The van der Waals surface area contributed by atoms with Gasteiger partial charge in [0.2, 0.25) is 0 Å².